The molecule has 0 heterocycles. The lowest BCUT2D eigenvalue weighted by molar-refractivity contribution is -0.437. The zero-order chi connectivity index (χ0) is 12.3. The molecule has 0 rings (SSSR count). The van der Waals surface area contributed by atoms with E-state index in [0.29, 0.717) is 0 Å². The molecule has 15 heavy (non-hydrogen) atoms. The quantitative estimate of drug-likeness (QED) is 0.416. The van der Waals surface area contributed by atoms with E-state index in [2.05, 4.69) is 5.73 Å². The molecule has 90 valence electrons. The van der Waals surface area contributed by atoms with Crippen LogP contribution in [0.5, 0.6) is 0 Å². The number of aliphatic carboxylic acids is 1. The second-order valence-electron chi connectivity index (χ2n) is 3.15. The lowest BCUT2D eigenvalue weighted by Crippen LogP contribution is -2.68. The summed E-state index contributed by atoms with van der Waals surface area (Å²) < 4.78 is 21.5. The molecule has 0 aliphatic rings. The van der Waals surface area contributed by atoms with Gasteiger partial charge in [-0.1, -0.05) is 0 Å². The van der Waals surface area contributed by atoms with Crippen LogP contribution in [0.3, 0.4) is 0 Å². The van der Waals surface area contributed by atoms with Gasteiger partial charge in [-0.2, -0.15) is 0 Å². The fourth-order valence-electron chi connectivity index (χ4n) is 0.822. The number of carbonyl (C=O) groups is 1. The molecule has 2 atom stereocenters. The Bertz CT molecular complexity index is 323. The second kappa shape index (κ2) is 5.21. The number of hydrogen-bond donors (Lipinski definition) is 3. The second-order valence-corrected chi connectivity index (χ2v) is 7.69. The summed E-state index contributed by atoms with van der Waals surface area (Å²) in [6.07, 6.45) is -0.927. The monoisotopic (exact) mass is 260 g/mol. The minimum absolute atomic E-state index is 0.316. The Morgan fingerprint density at radius 1 is 1.40 bits per heavy atom. The van der Waals surface area contributed by atoms with E-state index >= 15 is 0 Å². The van der Waals surface area contributed by atoms with Gasteiger partial charge in [-0.05, 0) is 6.16 Å². The summed E-state index contributed by atoms with van der Waals surface area (Å²) in [4.78, 5) is 38.1. The first-order chi connectivity index (χ1) is 6.53. The van der Waals surface area contributed by atoms with Gasteiger partial charge in [0.15, 0.2) is 0 Å². The van der Waals surface area contributed by atoms with Crippen molar-refractivity contribution in [2.75, 3.05) is 12.1 Å². The molecule has 0 saturated carbocycles. The molecule has 0 fully saturated rings. The number of carboxylic acids is 1. The van der Waals surface area contributed by atoms with Crippen LogP contribution in [0, 0.1) is 0 Å². The molecular weight excluding hydrogens is 248 g/mol. The fraction of sp³-hybridized carbons (Fsp3) is 0.800. The first kappa shape index (κ1) is 14.8. The van der Waals surface area contributed by atoms with E-state index in [1.807, 2.05) is 0 Å². The van der Waals surface area contributed by atoms with Crippen molar-refractivity contribution in [1.29, 1.82) is 0 Å². The van der Waals surface area contributed by atoms with Crippen LogP contribution < -0.4 is 15.7 Å². The van der Waals surface area contributed by atoms with Gasteiger partial charge in [0.05, 0.1) is 11.9 Å². The lowest BCUT2D eigenvalue weighted by atomic mass is 10.2. The number of carbonyl (C=O) groups excluding carboxylic acids is 1. The zero-order valence-electron chi connectivity index (χ0n) is 7.74. The van der Waals surface area contributed by atoms with Gasteiger partial charge in [-0.15, -0.1) is 0 Å². The molecule has 0 amide bonds. The summed E-state index contributed by atoms with van der Waals surface area (Å²) in [5.41, 5.74) is 3.12. The first-order valence-corrected chi connectivity index (χ1v) is 7.70. The van der Waals surface area contributed by atoms with Gasteiger partial charge in [0, 0.05) is 13.8 Å². The molecule has 0 saturated heterocycles. The van der Waals surface area contributed by atoms with Crippen LogP contribution in [0.25, 0.3) is 0 Å². The summed E-state index contributed by atoms with van der Waals surface area (Å²) >= 11 is 0. The van der Waals surface area contributed by atoms with Gasteiger partial charge in [0.2, 0.25) is 0 Å². The van der Waals surface area contributed by atoms with Crippen LogP contribution in [0.1, 0.15) is 6.42 Å². The highest BCUT2D eigenvalue weighted by molar-refractivity contribution is 7.71. The van der Waals surface area contributed by atoms with Crippen molar-refractivity contribution >= 4 is 20.9 Å². The molecular formula is C5H12NO7P2-. The molecule has 8 nitrogen and oxygen atoms in total. The average Bonchev–Trinajstić information content (AvgIpc) is 1.95. The van der Waals surface area contributed by atoms with Gasteiger partial charge < -0.3 is 34.9 Å². The van der Waals surface area contributed by atoms with E-state index in [4.69, 9.17) is 9.79 Å². The van der Waals surface area contributed by atoms with Crippen LogP contribution in [0.2, 0.25) is 0 Å². The van der Waals surface area contributed by atoms with Gasteiger partial charge in [-0.25, -0.2) is 0 Å². The molecule has 0 radical (unpaired) electrons. The Balaban J connectivity index is 4.23. The van der Waals surface area contributed by atoms with E-state index in [1.165, 1.54) is 0 Å². The van der Waals surface area contributed by atoms with Gasteiger partial charge in [0.25, 0.3) is 0 Å². The molecule has 0 aliphatic carbocycles. The SMILES string of the molecule is [NH3+]C(CCP(=O)([O-])CP(=O)(O)O)C(=O)[O-]. The van der Waals surface area contributed by atoms with Crippen LogP contribution in [0.4, 0.5) is 0 Å². The lowest BCUT2D eigenvalue weighted by Gasteiger charge is -2.24. The molecule has 0 aromatic carbocycles. The number of carboxylic acid groups (broad SMARTS) is 1. The Morgan fingerprint density at radius 3 is 2.20 bits per heavy atom. The van der Waals surface area contributed by atoms with Gasteiger partial charge in [0.1, 0.15) is 6.04 Å². The van der Waals surface area contributed by atoms with Crippen molar-refractivity contribution in [3.8, 4) is 0 Å². The van der Waals surface area contributed by atoms with Crippen molar-refractivity contribution < 1.29 is 39.4 Å². The van der Waals surface area contributed by atoms with Crippen molar-refractivity contribution in [2.45, 2.75) is 12.5 Å². The van der Waals surface area contributed by atoms with Crippen molar-refractivity contribution in [1.82, 2.24) is 0 Å². The highest BCUT2D eigenvalue weighted by Crippen LogP contribution is 2.52. The molecule has 0 aliphatic heterocycles. The number of rotatable bonds is 6. The molecule has 0 aromatic heterocycles. The molecule has 5 N–H and O–H groups in total. The maximum absolute atomic E-state index is 11.1. The maximum Gasteiger partial charge on any atom is 0.331 e. The average molecular weight is 260 g/mol. The Labute approximate surface area is 85.7 Å². The minimum atomic E-state index is -4.63. The third-order valence-electron chi connectivity index (χ3n) is 1.55. The highest BCUT2D eigenvalue weighted by atomic mass is 31.2. The Morgan fingerprint density at radius 2 is 1.87 bits per heavy atom. The van der Waals surface area contributed by atoms with E-state index in [9.17, 15) is 23.9 Å². The van der Waals surface area contributed by atoms with E-state index in [1.54, 1.807) is 0 Å². The van der Waals surface area contributed by atoms with Crippen molar-refractivity contribution in [2.24, 2.45) is 0 Å². The van der Waals surface area contributed by atoms with Gasteiger partial charge in [-0.3, -0.25) is 4.57 Å². The predicted molar refractivity (Wildman–Crippen MR) is 45.7 cm³/mol. The largest absolute Gasteiger partial charge is 0.799 e. The standard InChI is InChI=1S/C5H13NO7P2/c6-4(5(7)8)1-2-14(9,10)3-15(11,12)13/h4H,1-3,6H2,(H,7,8)(H,9,10)(H2,11,12,13)/p-1. The summed E-state index contributed by atoms with van der Waals surface area (Å²) in [6.45, 7) is 0. The van der Waals surface area contributed by atoms with Crippen LogP contribution >= 0.6 is 15.0 Å². The molecule has 10 heteroatoms. The third-order valence-corrected chi connectivity index (χ3v) is 5.69. The Hall–Kier alpha value is -0.230. The minimum Gasteiger partial charge on any atom is -0.799 e. The molecule has 0 bridgehead atoms. The van der Waals surface area contributed by atoms with Crippen LogP contribution in [0.15, 0.2) is 0 Å². The summed E-state index contributed by atoms with van der Waals surface area (Å²) in [5.74, 6) is -2.74. The van der Waals surface area contributed by atoms with Crippen molar-refractivity contribution in [3.63, 3.8) is 0 Å². The van der Waals surface area contributed by atoms with Crippen LogP contribution in [-0.2, 0) is 13.9 Å². The zero-order valence-corrected chi connectivity index (χ0v) is 9.52. The van der Waals surface area contributed by atoms with Crippen LogP contribution in [-0.4, -0.2) is 33.9 Å². The Kier molecular flexibility index (Phi) is 5.13. The van der Waals surface area contributed by atoms with E-state index in [-0.39, 0.29) is 6.42 Å². The summed E-state index contributed by atoms with van der Waals surface area (Å²) in [6, 6.07) is -1.20. The normalized spacial score (nSPS) is 18.1. The van der Waals surface area contributed by atoms with E-state index in [0.717, 1.165) is 0 Å². The predicted octanol–water partition coefficient (Wildman–Crippen LogP) is -3.49. The smallest absolute Gasteiger partial charge is 0.331 e. The van der Waals surface area contributed by atoms with Crippen molar-refractivity contribution in [3.05, 3.63) is 0 Å². The molecule has 2 unspecified atom stereocenters. The fourth-order valence-corrected chi connectivity index (χ4v) is 4.34. The molecule has 0 spiro atoms. The molecule has 0 aromatic rings. The summed E-state index contributed by atoms with van der Waals surface area (Å²) in [7, 11) is -8.88. The number of quaternary nitrogens is 1. The van der Waals surface area contributed by atoms with Gasteiger partial charge >= 0.3 is 7.60 Å². The highest BCUT2D eigenvalue weighted by Gasteiger charge is 2.23. The first-order valence-electron chi connectivity index (χ1n) is 3.91. The summed E-state index contributed by atoms with van der Waals surface area (Å²) in [5, 5.41) is 10.2. The van der Waals surface area contributed by atoms with E-state index < -0.39 is 39.0 Å². The third kappa shape index (κ3) is 7.67. The number of hydrogen-bond acceptors (Lipinski definition) is 5. The topological polar surface area (TPSA) is 165 Å². The maximum atomic E-state index is 11.1.